The second-order valence-electron chi connectivity index (χ2n) is 14.1. The van der Waals surface area contributed by atoms with Crippen molar-refractivity contribution in [3.05, 3.63) is 34.9 Å². The molecular formula is C33H49ClFN7O4. The maximum atomic E-state index is 14.3. The van der Waals surface area contributed by atoms with Gasteiger partial charge < -0.3 is 24.6 Å². The molecule has 1 aromatic carbocycles. The summed E-state index contributed by atoms with van der Waals surface area (Å²) >= 11 is 6.21. The van der Waals surface area contributed by atoms with E-state index in [1.807, 2.05) is 41.5 Å². The molecule has 2 fully saturated rings. The van der Waals surface area contributed by atoms with Crippen molar-refractivity contribution in [1.29, 1.82) is 0 Å². The zero-order chi connectivity index (χ0) is 33.8. The lowest BCUT2D eigenvalue weighted by atomic mass is 9.76. The molecule has 2 amide bonds. The van der Waals surface area contributed by atoms with Crippen LogP contribution in [0.1, 0.15) is 85.0 Å². The van der Waals surface area contributed by atoms with E-state index < -0.39 is 11.4 Å². The Morgan fingerprint density at radius 2 is 1.87 bits per heavy atom. The number of amides is 2. The molecule has 3 heterocycles. The van der Waals surface area contributed by atoms with Gasteiger partial charge in [0.15, 0.2) is 5.82 Å². The summed E-state index contributed by atoms with van der Waals surface area (Å²) in [5.74, 6) is 0.332. The minimum Gasteiger partial charge on any atom is -0.444 e. The number of hydrogen-bond acceptors (Lipinski definition) is 9. The summed E-state index contributed by atoms with van der Waals surface area (Å²) in [5.41, 5.74) is -0.322. The fourth-order valence-corrected chi connectivity index (χ4v) is 6.62. The molecule has 2 aliphatic heterocycles. The normalized spacial score (nSPS) is 16.9. The van der Waals surface area contributed by atoms with Crippen LogP contribution in [-0.2, 0) is 4.74 Å². The van der Waals surface area contributed by atoms with Gasteiger partial charge in [0, 0.05) is 56.8 Å². The van der Waals surface area contributed by atoms with E-state index in [-0.39, 0.29) is 45.9 Å². The second kappa shape index (κ2) is 14.7. The van der Waals surface area contributed by atoms with Gasteiger partial charge >= 0.3 is 6.09 Å². The van der Waals surface area contributed by atoms with Crippen molar-refractivity contribution in [3.63, 3.8) is 0 Å². The topological polar surface area (TPSA) is 113 Å². The van der Waals surface area contributed by atoms with Crippen LogP contribution >= 0.6 is 11.6 Å². The van der Waals surface area contributed by atoms with Gasteiger partial charge in [0.2, 0.25) is 5.28 Å². The molecule has 0 unspecified atom stereocenters. The molecule has 254 valence electrons. The molecule has 2 aliphatic rings. The second-order valence-corrected chi connectivity index (χ2v) is 14.4. The van der Waals surface area contributed by atoms with Crippen molar-refractivity contribution in [2.75, 3.05) is 44.2 Å². The molecule has 2 aromatic rings. The highest BCUT2D eigenvalue weighted by Gasteiger charge is 2.50. The lowest BCUT2D eigenvalue weighted by Crippen LogP contribution is -2.62. The molecule has 4 rings (SSSR count). The molecule has 0 aliphatic carbocycles. The standard InChI is InChI=1S/C33H49ClFN7O4/c1-9-42(22(4)5)29(43)24-17-23(35)12-13-26(24)45-28-27(37-30(34)39-38-28)40-16-14-33(18-40)19-41(20-33)25(21(2)3)11-10-15-36-31(44)46-32(6,7)8/h12-13,17,21-22,25H,9-11,14-16,18-20H2,1-8H3,(H,36,44)/t25-/m1/s1. The summed E-state index contributed by atoms with van der Waals surface area (Å²) < 4.78 is 25.8. The smallest absolute Gasteiger partial charge is 0.407 e. The lowest BCUT2D eigenvalue weighted by molar-refractivity contribution is -0.0339. The highest BCUT2D eigenvalue weighted by Crippen LogP contribution is 2.45. The highest BCUT2D eigenvalue weighted by atomic mass is 35.5. The Balaban J connectivity index is 1.42. The minimum absolute atomic E-state index is 0.00855. The first-order valence-electron chi connectivity index (χ1n) is 16.3. The van der Waals surface area contributed by atoms with Gasteiger partial charge in [-0.3, -0.25) is 9.69 Å². The maximum Gasteiger partial charge on any atom is 0.407 e. The molecular weight excluding hydrogens is 613 g/mol. The Labute approximate surface area is 277 Å². The van der Waals surface area contributed by atoms with E-state index in [0.717, 1.165) is 45.4 Å². The Morgan fingerprint density at radius 1 is 1.15 bits per heavy atom. The number of benzene rings is 1. The maximum absolute atomic E-state index is 14.3. The van der Waals surface area contributed by atoms with Crippen molar-refractivity contribution in [2.45, 2.75) is 92.3 Å². The third-order valence-corrected chi connectivity index (χ3v) is 8.77. The number of hydrogen-bond donors (Lipinski definition) is 1. The summed E-state index contributed by atoms with van der Waals surface area (Å²) in [6.07, 6.45) is 2.42. The molecule has 46 heavy (non-hydrogen) atoms. The third-order valence-electron chi connectivity index (χ3n) is 8.61. The van der Waals surface area contributed by atoms with Crippen LogP contribution in [0.15, 0.2) is 18.2 Å². The number of carbonyl (C=O) groups excluding carboxylic acids is 2. The van der Waals surface area contributed by atoms with Crippen LogP contribution in [0.25, 0.3) is 0 Å². The van der Waals surface area contributed by atoms with Crippen LogP contribution in [-0.4, -0.2) is 93.9 Å². The number of anilines is 1. The van der Waals surface area contributed by atoms with Crippen LogP contribution in [0.4, 0.5) is 15.0 Å². The highest BCUT2D eigenvalue weighted by molar-refractivity contribution is 6.28. The molecule has 2 saturated heterocycles. The quantitative estimate of drug-likeness (QED) is 0.267. The zero-order valence-electron chi connectivity index (χ0n) is 28.4. The molecule has 1 spiro atoms. The summed E-state index contributed by atoms with van der Waals surface area (Å²) in [6.45, 7) is 20.2. The predicted octanol–water partition coefficient (Wildman–Crippen LogP) is 6.17. The fourth-order valence-electron chi connectivity index (χ4n) is 6.50. The number of carbonyl (C=O) groups is 2. The largest absolute Gasteiger partial charge is 0.444 e. The molecule has 0 saturated carbocycles. The van der Waals surface area contributed by atoms with Crippen molar-refractivity contribution in [2.24, 2.45) is 11.3 Å². The number of alkyl carbamates (subject to hydrolysis) is 1. The Hall–Kier alpha value is -3.25. The van der Waals surface area contributed by atoms with E-state index >= 15 is 0 Å². The molecule has 13 heteroatoms. The van der Waals surface area contributed by atoms with Gasteiger partial charge in [-0.05, 0) is 96.5 Å². The number of likely N-dealkylation sites (tertiary alicyclic amines) is 1. The van der Waals surface area contributed by atoms with Gasteiger partial charge in [0.1, 0.15) is 17.2 Å². The van der Waals surface area contributed by atoms with E-state index in [1.54, 1.807) is 4.90 Å². The van der Waals surface area contributed by atoms with E-state index in [2.05, 4.69) is 44.1 Å². The lowest BCUT2D eigenvalue weighted by Gasteiger charge is -2.53. The number of aromatic nitrogens is 3. The third kappa shape index (κ3) is 8.76. The molecule has 0 bridgehead atoms. The summed E-state index contributed by atoms with van der Waals surface area (Å²) in [5, 5.41) is 11.0. The van der Waals surface area contributed by atoms with Crippen LogP contribution in [0.5, 0.6) is 11.6 Å². The van der Waals surface area contributed by atoms with Crippen LogP contribution in [0.3, 0.4) is 0 Å². The first-order chi connectivity index (χ1) is 21.6. The van der Waals surface area contributed by atoms with Gasteiger partial charge in [-0.15, -0.1) is 10.2 Å². The fraction of sp³-hybridized carbons (Fsp3) is 0.667. The van der Waals surface area contributed by atoms with Crippen molar-refractivity contribution < 1.29 is 23.5 Å². The average Bonchev–Trinajstić information content (AvgIpc) is 3.39. The summed E-state index contributed by atoms with van der Waals surface area (Å²) in [7, 11) is 0. The van der Waals surface area contributed by atoms with Gasteiger partial charge in [0.05, 0.1) is 5.56 Å². The van der Waals surface area contributed by atoms with Crippen LogP contribution in [0, 0.1) is 17.2 Å². The van der Waals surface area contributed by atoms with Crippen molar-refractivity contribution >= 4 is 29.4 Å². The first-order valence-corrected chi connectivity index (χ1v) is 16.6. The molecule has 0 radical (unpaired) electrons. The molecule has 11 nitrogen and oxygen atoms in total. The predicted molar refractivity (Wildman–Crippen MR) is 176 cm³/mol. The zero-order valence-corrected chi connectivity index (χ0v) is 29.2. The van der Waals surface area contributed by atoms with Gasteiger partial charge in [0.25, 0.3) is 11.8 Å². The van der Waals surface area contributed by atoms with E-state index in [0.29, 0.717) is 30.9 Å². The first kappa shape index (κ1) is 35.6. The number of ether oxygens (including phenoxy) is 2. The Bertz CT molecular complexity index is 1380. The summed E-state index contributed by atoms with van der Waals surface area (Å²) in [4.78, 5) is 36.2. The van der Waals surface area contributed by atoms with Crippen LogP contribution in [0.2, 0.25) is 5.28 Å². The molecule has 1 atom stereocenters. The number of halogens is 2. The molecule has 1 N–H and O–H groups in total. The molecule has 1 aromatic heterocycles. The van der Waals surface area contributed by atoms with E-state index in [1.165, 1.54) is 18.2 Å². The summed E-state index contributed by atoms with van der Waals surface area (Å²) in [6, 6.07) is 4.19. The number of nitrogens with zero attached hydrogens (tertiary/aromatic N) is 6. The average molecular weight is 662 g/mol. The number of nitrogens with one attached hydrogen (secondary N) is 1. The van der Waals surface area contributed by atoms with Gasteiger partial charge in [-0.2, -0.15) is 4.98 Å². The number of rotatable bonds is 12. The monoisotopic (exact) mass is 661 g/mol. The SMILES string of the molecule is CCN(C(=O)c1cc(F)ccc1Oc1nnc(Cl)nc1N1CCC2(C1)CN([C@H](CCCNC(=O)OC(C)(C)C)C(C)C)C2)C(C)C. The van der Waals surface area contributed by atoms with Crippen molar-refractivity contribution in [1.82, 2.24) is 30.3 Å². The van der Waals surface area contributed by atoms with Gasteiger partial charge in [-0.25, -0.2) is 9.18 Å². The Kier molecular flexibility index (Phi) is 11.4. The van der Waals surface area contributed by atoms with Crippen LogP contribution < -0.4 is 15.0 Å². The van der Waals surface area contributed by atoms with E-state index in [9.17, 15) is 14.0 Å². The minimum atomic E-state index is -0.536. The van der Waals surface area contributed by atoms with E-state index in [4.69, 9.17) is 21.1 Å². The van der Waals surface area contributed by atoms with Crippen molar-refractivity contribution in [3.8, 4) is 11.6 Å². The van der Waals surface area contributed by atoms with Gasteiger partial charge in [-0.1, -0.05) is 13.8 Å². The Morgan fingerprint density at radius 3 is 2.50 bits per heavy atom.